The van der Waals surface area contributed by atoms with Crippen LogP contribution in [-0.4, -0.2) is 24.0 Å². The van der Waals surface area contributed by atoms with Crippen molar-refractivity contribution < 1.29 is 18.0 Å². The number of alkyl halides is 4. The Morgan fingerprint density at radius 3 is 2.33 bits per heavy atom. The maximum atomic E-state index is 13.0. The van der Waals surface area contributed by atoms with Crippen molar-refractivity contribution >= 4 is 17.5 Å². The molecule has 2 nitrogen and oxygen atoms in total. The van der Waals surface area contributed by atoms with E-state index in [4.69, 9.17) is 11.6 Å². The number of amides is 1. The smallest absolute Gasteiger partial charge is 0.354 e. The van der Waals surface area contributed by atoms with E-state index in [9.17, 15) is 18.0 Å². The first kappa shape index (κ1) is 18.6. The van der Waals surface area contributed by atoms with Gasteiger partial charge in [-0.2, -0.15) is 13.2 Å². The minimum atomic E-state index is -4.29. The monoisotopic (exact) mass is 327 g/mol. The van der Waals surface area contributed by atoms with Gasteiger partial charge in [-0.3, -0.25) is 4.79 Å². The Balaban J connectivity index is 2.57. The highest BCUT2D eigenvalue weighted by Gasteiger charge is 2.48. The van der Waals surface area contributed by atoms with E-state index in [2.05, 4.69) is 5.32 Å². The number of carbonyl (C=O) groups is 1. The molecule has 0 bridgehead atoms. The molecule has 0 aromatic rings. The van der Waals surface area contributed by atoms with E-state index in [1.165, 1.54) is 0 Å². The predicted octanol–water partition coefficient (Wildman–Crippen LogP) is 4.51. The Kier molecular flexibility index (Phi) is 7.31. The second kappa shape index (κ2) is 8.25. The largest absolute Gasteiger partial charge is 0.392 e. The van der Waals surface area contributed by atoms with Crippen LogP contribution in [0.4, 0.5) is 13.2 Å². The summed E-state index contributed by atoms with van der Waals surface area (Å²) in [5.74, 6) is -2.68. The Bertz CT molecular complexity index is 331. The first-order chi connectivity index (χ1) is 9.81. The molecule has 0 saturated heterocycles. The molecule has 3 unspecified atom stereocenters. The number of halogens is 4. The first-order valence-corrected chi connectivity index (χ1v) is 8.23. The van der Waals surface area contributed by atoms with E-state index < -0.39 is 23.9 Å². The Labute approximate surface area is 129 Å². The highest BCUT2D eigenvalue weighted by Crippen LogP contribution is 2.41. The summed E-state index contributed by atoms with van der Waals surface area (Å²) in [5.41, 5.74) is 0. The van der Waals surface area contributed by atoms with Gasteiger partial charge in [-0.1, -0.05) is 39.5 Å². The van der Waals surface area contributed by atoms with Gasteiger partial charge >= 0.3 is 6.18 Å². The van der Waals surface area contributed by atoms with Crippen LogP contribution >= 0.6 is 11.6 Å². The van der Waals surface area contributed by atoms with E-state index >= 15 is 0 Å². The Morgan fingerprint density at radius 1 is 1.24 bits per heavy atom. The van der Waals surface area contributed by atoms with Crippen LogP contribution in [0, 0.1) is 17.8 Å². The van der Waals surface area contributed by atoms with Gasteiger partial charge in [0.2, 0.25) is 5.91 Å². The summed E-state index contributed by atoms with van der Waals surface area (Å²) in [6, 6.07) is 0. The van der Waals surface area contributed by atoms with Crippen LogP contribution in [0.25, 0.3) is 0 Å². The molecule has 1 saturated carbocycles. The molecular formula is C15H25ClF3NO. The molecule has 0 spiro atoms. The molecule has 0 radical (unpaired) electrons. The molecule has 1 N–H and O–H groups in total. The van der Waals surface area contributed by atoms with Crippen LogP contribution in [0.1, 0.15) is 52.4 Å². The van der Waals surface area contributed by atoms with E-state index in [1.54, 1.807) is 0 Å². The molecule has 6 heteroatoms. The molecule has 0 aromatic heterocycles. The molecule has 0 aliphatic heterocycles. The summed E-state index contributed by atoms with van der Waals surface area (Å²) in [6.07, 6.45) is -0.907. The zero-order chi connectivity index (χ0) is 16.0. The van der Waals surface area contributed by atoms with E-state index in [0.29, 0.717) is 19.3 Å². The van der Waals surface area contributed by atoms with Gasteiger partial charge in [0.15, 0.2) is 0 Å². The maximum absolute atomic E-state index is 13.0. The van der Waals surface area contributed by atoms with E-state index in [0.717, 1.165) is 12.8 Å². The van der Waals surface area contributed by atoms with Crippen molar-refractivity contribution in [2.45, 2.75) is 63.9 Å². The van der Waals surface area contributed by atoms with Gasteiger partial charge in [-0.25, -0.2) is 0 Å². The minimum Gasteiger partial charge on any atom is -0.354 e. The quantitative estimate of drug-likeness (QED) is 0.714. The number of hydrogen-bond acceptors (Lipinski definition) is 1. The third-order valence-electron chi connectivity index (χ3n) is 4.55. The summed E-state index contributed by atoms with van der Waals surface area (Å²) in [7, 11) is 0. The topological polar surface area (TPSA) is 29.1 Å². The van der Waals surface area contributed by atoms with Crippen molar-refractivity contribution in [1.29, 1.82) is 0 Å². The molecule has 1 rings (SSSR count). The molecule has 1 aliphatic carbocycles. The summed E-state index contributed by atoms with van der Waals surface area (Å²) in [5, 5.41) is 2.41. The van der Waals surface area contributed by atoms with Gasteiger partial charge in [0.05, 0.1) is 11.3 Å². The van der Waals surface area contributed by atoms with E-state index in [-0.39, 0.29) is 24.3 Å². The van der Waals surface area contributed by atoms with Gasteiger partial charge in [-0.05, 0) is 18.8 Å². The molecule has 1 fully saturated rings. The fraction of sp³-hybridized carbons (Fsp3) is 0.933. The molecule has 0 heterocycles. The second-order valence-electron chi connectivity index (χ2n) is 5.88. The van der Waals surface area contributed by atoms with Crippen LogP contribution in [0.2, 0.25) is 0 Å². The van der Waals surface area contributed by atoms with Gasteiger partial charge in [-0.15, -0.1) is 11.6 Å². The predicted molar refractivity (Wildman–Crippen MR) is 78.2 cm³/mol. The zero-order valence-corrected chi connectivity index (χ0v) is 13.4. The standard InChI is InChI=1S/C15H25ClF3NO/c1-3-10(4-2)13(16)9-20-14(21)11-7-5-6-8-12(11)15(17,18)19/h10-13H,3-9H2,1-2H3,(H,20,21). The SMILES string of the molecule is CCC(CC)C(Cl)CNC(=O)C1CCCCC1C(F)(F)F. The average molecular weight is 328 g/mol. The van der Waals surface area contributed by atoms with Crippen LogP contribution in [0.5, 0.6) is 0 Å². The third-order valence-corrected chi connectivity index (χ3v) is 5.07. The van der Waals surface area contributed by atoms with Crippen molar-refractivity contribution in [1.82, 2.24) is 5.32 Å². The van der Waals surface area contributed by atoms with Gasteiger partial charge in [0, 0.05) is 12.5 Å². The van der Waals surface area contributed by atoms with E-state index in [1.807, 2.05) is 13.8 Å². The molecule has 124 valence electrons. The molecular weight excluding hydrogens is 303 g/mol. The second-order valence-corrected chi connectivity index (χ2v) is 6.44. The number of carbonyl (C=O) groups excluding carboxylic acids is 1. The van der Waals surface area contributed by atoms with Gasteiger partial charge in [0.1, 0.15) is 0 Å². The first-order valence-electron chi connectivity index (χ1n) is 7.79. The number of nitrogens with one attached hydrogen (secondary N) is 1. The number of rotatable bonds is 6. The normalized spacial score (nSPS) is 24.9. The Hall–Kier alpha value is -0.450. The van der Waals surface area contributed by atoms with Gasteiger partial charge < -0.3 is 5.32 Å². The summed E-state index contributed by atoms with van der Waals surface area (Å²) in [6.45, 7) is 4.28. The highest BCUT2D eigenvalue weighted by atomic mass is 35.5. The molecule has 21 heavy (non-hydrogen) atoms. The lowest BCUT2D eigenvalue weighted by atomic mass is 9.78. The lowest BCUT2D eigenvalue weighted by Gasteiger charge is -2.32. The lowest BCUT2D eigenvalue weighted by Crippen LogP contribution is -2.44. The minimum absolute atomic E-state index is 0.0540. The van der Waals surface area contributed by atoms with Crippen molar-refractivity contribution in [2.24, 2.45) is 17.8 Å². The van der Waals surface area contributed by atoms with Crippen LogP contribution < -0.4 is 5.32 Å². The number of hydrogen-bond donors (Lipinski definition) is 1. The molecule has 3 atom stereocenters. The van der Waals surface area contributed by atoms with Crippen LogP contribution in [0.15, 0.2) is 0 Å². The fourth-order valence-electron chi connectivity index (χ4n) is 3.13. The molecule has 1 amide bonds. The third kappa shape index (κ3) is 5.35. The van der Waals surface area contributed by atoms with Gasteiger partial charge in [0.25, 0.3) is 0 Å². The van der Waals surface area contributed by atoms with Crippen molar-refractivity contribution in [3.05, 3.63) is 0 Å². The van der Waals surface area contributed by atoms with Crippen molar-refractivity contribution in [3.8, 4) is 0 Å². The Morgan fingerprint density at radius 2 is 1.81 bits per heavy atom. The maximum Gasteiger partial charge on any atom is 0.392 e. The van der Waals surface area contributed by atoms with Crippen LogP contribution in [0.3, 0.4) is 0 Å². The van der Waals surface area contributed by atoms with Crippen molar-refractivity contribution in [3.63, 3.8) is 0 Å². The van der Waals surface area contributed by atoms with Crippen molar-refractivity contribution in [2.75, 3.05) is 6.54 Å². The summed E-state index contributed by atoms with van der Waals surface area (Å²) >= 11 is 6.22. The summed E-state index contributed by atoms with van der Waals surface area (Å²) in [4.78, 5) is 12.1. The molecule has 1 aliphatic rings. The average Bonchev–Trinajstić information content (AvgIpc) is 2.45. The van der Waals surface area contributed by atoms with Crippen LogP contribution in [-0.2, 0) is 4.79 Å². The fourth-order valence-corrected chi connectivity index (χ4v) is 3.57. The molecule has 0 aromatic carbocycles. The summed E-state index contributed by atoms with van der Waals surface area (Å²) < 4.78 is 38.9. The lowest BCUT2D eigenvalue weighted by molar-refractivity contribution is -0.198. The highest BCUT2D eigenvalue weighted by molar-refractivity contribution is 6.21. The zero-order valence-electron chi connectivity index (χ0n) is 12.7.